The van der Waals surface area contributed by atoms with Crippen molar-refractivity contribution in [2.24, 2.45) is 0 Å². The molecule has 23 heavy (non-hydrogen) atoms. The number of pyridine rings is 1. The Balaban J connectivity index is 2.79. The Labute approximate surface area is 130 Å². The Morgan fingerprint density at radius 3 is 2.17 bits per heavy atom. The first-order valence-electron chi connectivity index (χ1n) is 6.62. The number of nitrogen functional groups attached to an aromatic ring is 1. The van der Waals surface area contributed by atoms with Crippen LogP contribution in [0.2, 0.25) is 0 Å². The van der Waals surface area contributed by atoms with Crippen molar-refractivity contribution in [3.05, 3.63) is 45.7 Å². The number of nitrogens with one attached hydrogen (secondary N) is 1. The van der Waals surface area contributed by atoms with E-state index in [0.717, 1.165) is 0 Å². The lowest BCUT2D eigenvalue weighted by molar-refractivity contribution is 0.0695. The number of aromatic nitrogens is 1. The van der Waals surface area contributed by atoms with E-state index in [1.165, 1.54) is 12.1 Å². The van der Waals surface area contributed by atoms with Crippen LogP contribution in [-0.4, -0.2) is 33.7 Å². The van der Waals surface area contributed by atoms with E-state index >= 15 is 0 Å². The number of ether oxygens (including phenoxy) is 1. The molecule has 1 aromatic carbocycles. The Morgan fingerprint density at radius 1 is 1.13 bits per heavy atom. The zero-order valence-electron chi connectivity index (χ0n) is 12.1. The van der Waals surface area contributed by atoms with Gasteiger partial charge in [0.2, 0.25) is 0 Å². The zero-order valence-corrected chi connectivity index (χ0v) is 12.1. The molecule has 1 heterocycles. The fourth-order valence-electron chi connectivity index (χ4n) is 2.22. The summed E-state index contributed by atoms with van der Waals surface area (Å²) in [4.78, 5) is 36.8. The second-order valence-electron chi connectivity index (χ2n) is 4.56. The van der Waals surface area contributed by atoms with Gasteiger partial charge in [0.05, 0.1) is 6.61 Å². The minimum absolute atomic E-state index is 0.237. The van der Waals surface area contributed by atoms with Gasteiger partial charge < -0.3 is 25.7 Å². The van der Waals surface area contributed by atoms with Crippen molar-refractivity contribution in [1.82, 2.24) is 4.98 Å². The summed E-state index contributed by atoms with van der Waals surface area (Å²) >= 11 is 0. The molecule has 0 saturated carbocycles. The molecular weight excluding hydrogens is 304 g/mol. The first kappa shape index (κ1) is 16.1. The molecule has 2 aromatic rings. The Bertz CT molecular complexity index is 823. The zero-order chi connectivity index (χ0) is 17.1. The molecule has 0 spiro atoms. The second kappa shape index (κ2) is 6.22. The molecule has 0 aliphatic heterocycles. The van der Waals surface area contributed by atoms with E-state index in [2.05, 4.69) is 0 Å². The van der Waals surface area contributed by atoms with Gasteiger partial charge in [0.15, 0.2) is 0 Å². The smallest absolute Gasteiger partial charge is 0.342 e. The van der Waals surface area contributed by atoms with Crippen molar-refractivity contribution in [3.63, 3.8) is 0 Å². The molecule has 0 aliphatic carbocycles. The van der Waals surface area contributed by atoms with Crippen molar-refractivity contribution in [2.75, 3.05) is 12.3 Å². The monoisotopic (exact) mass is 318 g/mol. The van der Waals surface area contributed by atoms with Gasteiger partial charge in [-0.05, 0) is 24.6 Å². The first-order chi connectivity index (χ1) is 10.9. The van der Waals surface area contributed by atoms with Gasteiger partial charge in [-0.2, -0.15) is 0 Å². The van der Waals surface area contributed by atoms with E-state index in [9.17, 15) is 24.6 Å². The topological polar surface area (TPSA) is 143 Å². The highest BCUT2D eigenvalue weighted by Gasteiger charge is 2.26. The number of carboxylic acid groups (broad SMARTS) is 2. The van der Waals surface area contributed by atoms with Crippen LogP contribution in [0.5, 0.6) is 5.75 Å². The van der Waals surface area contributed by atoms with E-state index in [0.29, 0.717) is 12.4 Å². The molecule has 8 nitrogen and oxygen atoms in total. The average Bonchev–Trinajstić information content (AvgIpc) is 2.46. The van der Waals surface area contributed by atoms with Gasteiger partial charge in [0.1, 0.15) is 22.7 Å². The van der Waals surface area contributed by atoms with Gasteiger partial charge in [-0.3, -0.25) is 4.79 Å². The number of carbonyl (C=O) groups is 2. The van der Waals surface area contributed by atoms with Gasteiger partial charge >= 0.3 is 11.9 Å². The largest absolute Gasteiger partial charge is 0.494 e. The number of anilines is 1. The van der Waals surface area contributed by atoms with Gasteiger partial charge in [0.25, 0.3) is 5.56 Å². The molecule has 0 aliphatic rings. The van der Waals surface area contributed by atoms with E-state index < -0.39 is 34.4 Å². The summed E-state index contributed by atoms with van der Waals surface area (Å²) in [7, 11) is 0. The highest BCUT2D eigenvalue weighted by molar-refractivity contribution is 6.07. The molecule has 0 saturated heterocycles. The quantitative estimate of drug-likeness (QED) is 0.652. The number of hydrogen-bond donors (Lipinski definition) is 4. The van der Waals surface area contributed by atoms with Crippen LogP contribution < -0.4 is 16.0 Å². The molecule has 0 amide bonds. The van der Waals surface area contributed by atoms with E-state index in [-0.39, 0.29) is 11.1 Å². The second-order valence-corrected chi connectivity index (χ2v) is 4.56. The SMILES string of the molecule is CCOc1ccc(-c2c(C(=O)O)c(N)[nH]c(=O)c2C(=O)O)cc1. The molecule has 2 rings (SSSR count). The van der Waals surface area contributed by atoms with Crippen LogP contribution in [-0.2, 0) is 0 Å². The number of hydrogen-bond acceptors (Lipinski definition) is 5. The lowest BCUT2D eigenvalue weighted by Gasteiger charge is -2.12. The van der Waals surface area contributed by atoms with Crippen LogP contribution in [0, 0.1) is 0 Å². The predicted molar refractivity (Wildman–Crippen MR) is 82.0 cm³/mol. The third kappa shape index (κ3) is 3.00. The standard InChI is InChI=1S/C15H14N2O6/c1-2-23-8-5-3-7(4-6-8)9-10(14(19)20)12(16)17-13(18)11(9)15(21)22/h3-6H,2H2,1H3,(H,19,20)(H,21,22)(H3,16,17,18). The van der Waals surface area contributed by atoms with Crippen LogP contribution >= 0.6 is 0 Å². The Kier molecular flexibility index (Phi) is 4.35. The molecule has 120 valence electrons. The first-order valence-corrected chi connectivity index (χ1v) is 6.62. The summed E-state index contributed by atoms with van der Waals surface area (Å²) in [5, 5.41) is 18.6. The van der Waals surface area contributed by atoms with Crippen molar-refractivity contribution in [2.45, 2.75) is 6.92 Å². The third-order valence-electron chi connectivity index (χ3n) is 3.13. The fraction of sp³-hybridized carbons (Fsp3) is 0.133. The number of H-pyrrole nitrogens is 1. The summed E-state index contributed by atoms with van der Waals surface area (Å²) in [5.74, 6) is -2.86. The van der Waals surface area contributed by atoms with E-state index in [1.54, 1.807) is 19.1 Å². The summed E-state index contributed by atoms with van der Waals surface area (Å²) in [5.41, 5.74) is 3.43. The number of aromatic amines is 1. The Hall–Kier alpha value is -3.29. The number of benzene rings is 1. The molecule has 0 radical (unpaired) electrons. The summed E-state index contributed by atoms with van der Waals surface area (Å²) in [6, 6.07) is 6.04. The third-order valence-corrected chi connectivity index (χ3v) is 3.13. The molecular formula is C15H14N2O6. The minimum Gasteiger partial charge on any atom is -0.494 e. The summed E-state index contributed by atoms with van der Waals surface area (Å²) in [6.07, 6.45) is 0. The number of rotatable bonds is 5. The van der Waals surface area contributed by atoms with Crippen LogP contribution in [0.1, 0.15) is 27.6 Å². The van der Waals surface area contributed by atoms with Crippen molar-refractivity contribution in [1.29, 1.82) is 0 Å². The number of aromatic carboxylic acids is 2. The highest BCUT2D eigenvalue weighted by atomic mass is 16.5. The maximum atomic E-state index is 11.9. The predicted octanol–water partition coefficient (Wildman–Crippen LogP) is 1.42. The van der Waals surface area contributed by atoms with Crippen LogP contribution in [0.15, 0.2) is 29.1 Å². The molecule has 1 aromatic heterocycles. The van der Waals surface area contributed by atoms with Gasteiger partial charge in [0, 0.05) is 5.56 Å². The molecule has 5 N–H and O–H groups in total. The number of carboxylic acids is 2. The minimum atomic E-state index is -1.54. The van der Waals surface area contributed by atoms with Crippen LogP contribution in [0.25, 0.3) is 11.1 Å². The lowest BCUT2D eigenvalue weighted by atomic mass is 9.95. The number of nitrogens with two attached hydrogens (primary N) is 1. The molecule has 0 atom stereocenters. The maximum Gasteiger partial charge on any atom is 0.342 e. The maximum absolute atomic E-state index is 11.9. The fourth-order valence-corrected chi connectivity index (χ4v) is 2.22. The highest BCUT2D eigenvalue weighted by Crippen LogP contribution is 2.30. The van der Waals surface area contributed by atoms with Crippen molar-refractivity contribution < 1.29 is 24.5 Å². The molecule has 0 fully saturated rings. The van der Waals surface area contributed by atoms with Gasteiger partial charge in [-0.15, -0.1) is 0 Å². The Morgan fingerprint density at radius 2 is 1.70 bits per heavy atom. The normalized spacial score (nSPS) is 10.3. The van der Waals surface area contributed by atoms with Crippen LogP contribution in [0.3, 0.4) is 0 Å². The molecule has 0 unspecified atom stereocenters. The summed E-state index contributed by atoms with van der Waals surface area (Å²) < 4.78 is 5.27. The van der Waals surface area contributed by atoms with E-state index in [1.807, 2.05) is 4.98 Å². The molecule has 8 heteroatoms. The summed E-state index contributed by atoms with van der Waals surface area (Å²) in [6.45, 7) is 2.24. The van der Waals surface area contributed by atoms with Crippen molar-refractivity contribution >= 4 is 17.8 Å². The van der Waals surface area contributed by atoms with Crippen molar-refractivity contribution in [3.8, 4) is 16.9 Å². The lowest BCUT2D eigenvalue weighted by Crippen LogP contribution is -2.24. The van der Waals surface area contributed by atoms with Gasteiger partial charge in [-0.25, -0.2) is 9.59 Å². The van der Waals surface area contributed by atoms with E-state index in [4.69, 9.17) is 10.5 Å². The van der Waals surface area contributed by atoms with Crippen LogP contribution in [0.4, 0.5) is 5.82 Å². The van der Waals surface area contributed by atoms with Gasteiger partial charge in [-0.1, -0.05) is 12.1 Å². The average molecular weight is 318 g/mol. The molecule has 0 bridgehead atoms.